The van der Waals surface area contributed by atoms with E-state index in [1.54, 1.807) is 6.08 Å². The fourth-order valence-corrected chi connectivity index (χ4v) is 5.65. The van der Waals surface area contributed by atoms with Crippen LogP contribution in [0.25, 0.3) is 61.0 Å². The van der Waals surface area contributed by atoms with Gasteiger partial charge >= 0.3 is 0 Å². The fourth-order valence-electron chi connectivity index (χ4n) is 5.65. The largest absolute Gasteiger partial charge is 0.265 e. The van der Waals surface area contributed by atoms with E-state index in [9.17, 15) is 0 Å². The second-order valence-electron chi connectivity index (χ2n) is 11.0. The number of aromatic nitrogens is 3. The summed E-state index contributed by atoms with van der Waals surface area (Å²) in [6.45, 7) is 7.95. The van der Waals surface area contributed by atoms with Gasteiger partial charge in [0.2, 0.25) is 0 Å². The van der Waals surface area contributed by atoms with Gasteiger partial charge in [0.25, 0.3) is 0 Å². The highest BCUT2D eigenvalue weighted by atomic mass is 14.7. The molecule has 0 saturated heterocycles. The lowest BCUT2D eigenvalue weighted by atomic mass is 9.92. The molecule has 222 valence electrons. The molecule has 0 spiro atoms. The molecule has 0 unspecified atom stereocenters. The SMILES string of the molecule is C=C\C=C/C=C\C(C)=C(\C=C/C)c1cc(-c2cc(-c3ccncc3)cc(-c3cccnc3)c2)cc(-c2cccc3ccccc23)n1. The van der Waals surface area contributed by atoms with Crippen LogP contribution in [0, 0.1) is 0 Å². The summed E-state index contributed by atoms with van der Waals surface area (Å²) in [6.07, 6.45) is 21.4. The summed E-state index contributed by atoms with van der Waals surface area (Å²) >= 11 is 0. The lowest BCUT2D eigenvalue weighted by molar-refractivity contribution is 1.27. The summed E-state index contributed by atoms with van der Waals surface area (Å²) in [4.78, 5) is 14.0. The first-order chi connectivity index (χ1) is 22.6. The Morgan fingerprint density at radius 1 is 0.630 bits per heavy atom. The highest BCUT2D eigenvalue weighted by molar-refractivity contribution is 5.97. The van der Waals surface area contributed by atoms with Crippen molar-refractivity contribution >= 4 is 16.3 Å². The molecule has 6 rings (SSSR count). The van der Waals surface area contributed by atoms with Crippen molar-refractivity contribution in [3.63, 3.8) is 0 Å². The van der Waals surface area contributed by atoms with E-state index in [0.29, 0.717) is 0 Å². The van der Waals surface area contributed by atoms with Crippen molar-refractivity contribution in [2.75, 3.05) is 0 Å². The smallest absolute Gasteiger partial charge is 0.0721 e. The summed E-state index contributed by atoms with van der Waals surface area (Å²) in [7, 11) is 0. The summed E-state index contributed by atoms with van der Waals surface area (Å²) in [5, 5.41) is 2.36. The molecule has 0 atom stereocenters. The highest BCUT2D eigenvalue weighted by Crippen LogP contribution is 2.37. The van der Waals surface area contributed by atoms with Gasteiger partial charge < -0.3 is 0 Å². The Bertz CT molecular complexity index is 2050. The van der Waals surface area contributed by atoms with Crippen molar-refractivity contribution in [3.05, 3.63) is 182 Å². The number of allylic oxidation sites excluding steroid dienone is 9. The molecule has 3 heteroatoms. The quantitative estimate of drug-likeness (QED) is 0.157. The van der Waals surface area contributed by atoms with E-state index in [0.717, 1.165) is 61.5 Å². The van der Waals surface area contributed by atoms with Crippen molar-refractivity contribution in [2.24, 2.45) is 0 Å². The number of pyridine rings is 3. The second-order valence-corrected chi connectivity index (χ2v) is 11.0. The number of hydrogen-bond donors (Lipinski definition) is 0. The van der Waals surface area contributed by atoms with E-state index in [-0.39, 0.29) is 0 Å². The molecule has 3 aromatic heterocycles. The van der Waals surface area contributed by atoms with E-state index in [2.05, 4.69) is 133 Å². The Labute approximate surface area is 271 Å². The minimum absolute atomic E-state index is 0.908. The lowest BCUT2D eigenvalue weighted by Gasteiger charge is -2.15. The first kappa shape index (κ1) is 30.1. The van der Waals surface area contributed by atoms with Gasteiger partial charge in [0, 0.05) is 41.5 Å². The molecule has 0 aliphatic carbocycles. The molecule has 0 radical (unpaired) electrons. The van der Waals surface area contributed by atoms with Crippen molar-refractivity contribution < 1.29 is 0 Å². The van der Waals surface area contributed by atoms with Crippen LogP contribution in [-0.2, 0) is 0 Å². The third-order valence-corrected chi connectivity index (χ3v) is 7.90. The molecule has 3 heterocycles. The normalized spacial score (nSPS) is 12.3. The van der Waals surface area contributed by atoms with Gasteiger partial charge in [0.05, 0.1) is 11.4 Å². The summed E-state index contributed by atoms with van der Waals surface area (Å²) < 4.78 is 0. The van der Waals surface area contributed by atoms with Gasteiger partial charge in [-0.3, -0.25) is 9.97 Å². The Balaban J connectivity index is 1.63. The maximum Gasteiger partial charge on any atom is 0.0721 e. The molecule has 0 saturated carbocycles. The molecule has 0 fully saturated rings. The number of nitrogens with zero attached hydrogens (tertiary/aromatic N) is 3. The third kappa shape index (κ3) is 6.74. The van der Waals surface area contributed by atoms with Gasteiger partial charge in [-0.1, -0.05) is 97.6 Å². The number of hydrogen-bond acceptors (Lipinski definition) is 3. The molecule has 0 aliphatic heterocycles. The first-order valence-corrected chi connectivity index (χ1v) is 15.4. The van der Waals surface area contributed by atoms with E-state index < -0.39 is 0 Å². The predicted octanol–water partition coefficient (Wildman–Crippen LogP) is 11.3. The third-order valence-electron chi connectivity index (χ3n) is 7.90. The Kier molecular flexibility index (Phi) is 9.32. The molecular weight excluding hydrogens is 558 g/mol. The van der Waals surface area contributed by atoms with Crippen LogP contribution in [-0.4, -0.2) is 15.0 Å². The van der Waals surface area contributed by atoms with E-state index >= 15 is 0 Å². The maximum atomic E-state index is 5.33. The zero-order valence-corrected chi connectivity index (χ0v) is 26.1. The zero-order chi connectivity index (χ0) is 31.7. The number of rotatable bonds is 9. The Hall–Kier alpha value is -5.93. The summed E-state index contributed by atoms with van der Waals surface area (Å²) in [5.41, 5.74) is 11.7. The summed E-state index contributed by atoms with van der Waals surface area (Å²) in [6, 6.07) is 34.3. The summed E-state index contributed by atoms with van der Waals surface area (Å²) in [5.74, 6) is 0. The van der Waals surface area contributed by atoms with Crippen molar-refractivity contribution in [2.45, 2.75) is 13.8 Å². The average Bonchev–Trinajstić information content (AvgIpc) is 3.12. The van der Waals surface area contributed by atoms with Crippen LogP contribution in [0.4, 0.5) is 0 Å². The molecule has 3 nitrogen and oxygen atoms in total. The van der Waals surface area contributed by atoms with Crippen LogP contribution in [0.2, 0.25) is 0 Å². The predicted molar refractivity (Wildman–Crippen MR) is 195 cm³/mol. The van der Waals surface area contributed by atoms with Gasteiger partial charge in [-0.25, -0.2) is 4.98 Å². The standard InChI is InChI=1S/C43H35N3/c1-4-6-7-8-14-31(3)39(13-5-2)42-28-38(29-43(46-42)41-19-11-16-33-15-9-10-18-40(33)41)37-26-35(32-20-23-44-24-21-32)25-36(27-37)34-17-12-22-45-30-34/h4-30H,1H2,2-3H3/b7-6-,13-5-,14-8-,39-31-. The van der Waals surface area contributed by atoms with Crippen LogP contribution >= 0.6 is 0 Å². The zero-order valence-electron chi connectivity index (χ0n) is 26.1. The topological polar surface area (TPSA) is 38.7 Å². The average molecular weight is 594 g/mol. The van der Waals surface area contributed by atoms with Gasteiger partial charge in [-0.15, -0.1) is 0 Å². The number of fused-ring (bicyclic) bond motifs is 1. The molecule has 0 N–H and O–H groups in total. The van der Waals surface area contributed by atoms with E-state index in [4.69, 9.17) is 4.98 Å². The van der Waals surface area contributed by atoms with Crippen molar-refractivity contribution in [3.8, 4) is 44.6 Å². The minimum atomic E-state index is 0.908. The van der Waals surface area contributed by atoms with E-state index in [1.165, 1.54) is 10.8 Å². The lowest BCUT2D eigenvalue weighted by Crippen LogP contribution is -1.96. The van der Waals surface area contributed by atoms with Crippen molar-refractivity contribution in [1.82, 2.24) is 15.0 Å². The van der Waals surface area contributed by atoms with Crippen LogP contribution in [0.5, 0.6) is 0 Å². The highest BCUT2D eigenvalue weighted by Gasteiger charge is 2.15. The molecule has 6 aromatic rings. The van der Waals surface area contributed by atoms with E-state index in [1.807, 2.05) is 56.0 Å². The van der Waals surface area contributed by atoms with Crippen LogP contribution < -0.4 is 0 Å². The maximum absolute atomic E-state index is 5.33. The second kappa shape index (κ2) is 14.2. The monoisotopic (exact) mass is 593 g/mol. The molecule has 46 heavy (non-hydrogen) atoms. The Morgan fingerprint density at radius 2 is 1.37 bits per heavy atom. The minimum Gasteiger partial charge on any atom is -0.265 e. The molecule has 0 amide bonds. The number of benzene rings is 3. The van der Waals surface area contributed by atoms with Crippen LogP contribution in [0.3, 0.4) is 0 Å². The van der Waals surface area contributed by atoms with Gasteiger partial charge in [0.1, 0.15) is 0 Å². The molecule has 0 bridgehead atoms. The van der Waals surface area contributed by atoms with Crippen LogP contribution in [0.1, 0.15) is 19.5 Å². The van der Waals surface area contributed by atoms with Gasteiger partial charge in [0.15, 0.2) is 0 Å². The first-order valence-electron chi connectivity index (χ1n) is 15.4. The Morgan fingerprint density at radius 3 is 2.13 bits per heavy atom. The van der Waals surface area contributed by atoms with Gasteiger partial charge in [-0.2, -0.15) is 0 Å². The molecule has 0 aliphatic rings. The van der Waals surface area contributed by atoms with Gasteiger partial charge in [-0.05, 0) is 107 Å². The molecular formula is C43H35N3. The van der Waals surface area contributed by atoms with Crippen molar-refractivity contribution in [1.29, 1.82) is 0 Å². The molecule has 3 aromatic carbocycles. The van der Waals surface area contributed by atoms with Crippen LogP contribution in [0.15, 0.2) is 177 Å². The fraction of sp³-hybridized carbons (Fsp3) is 0.0465.